The van der Waals surface area contributed by atoms with Gasteiger partial charge in [-0.25, -0.2) is 4.98 Å². The molecule has 0 atom stereocenters. The average Bonchev–Trinajstić information content (AvgIpc) is 2.37. The molecule has 2 nitrogen and oxygen atoms in total. The van der Waals surface area contributed by atoms with Gasteiger partial charge in [0.2, 0.25) is 5.88 Å². The number of hydrogen-bond acceptors (Lipinski definition) is 2. The molecule has 21 heavy (non-hydrogen) atoms. The van der Waals surface area contributed by atoms with Crippen LogP contribution in [0.3, 0.4) is 0 Å². The van der Waals surface area contributed by atoms with Crippen LogP contribution >= 0.6 is 11.6 Å². The summed E-state index contributed by atoms with van der Waals surface area (Å²) < 4.78 is 6.04. The Kier molecular flexibility index (Phi) is 4.58. The molecule has 0 unspecified atom stereocenters. The molecule has 112 valence electrons. The van der Waals surface area contributed by atoms with E-state index in [9.17, 15) is 0 Å². The lowest BCUT2D eigenvalue weighted by atomic mass is 9.86. The van der Waals surface area contributed by atoms with Crippen LogP contribution in [0.2, 0.25) is 0 Å². The lowest BCUT2D eigenvalue weighted by Crippen LogP contribution is -2.12. The van der Waals surface area contributed by atoms with Crippen LogP contribution in [0.15, 0.2) is 30.3 Å². The molecule has 3 heteroatoms. The first-order valence-electron chi connectivity index (χ1n) is 7.12. The van der Waals surface area contributed by atoms with Crippen molar-refractivity contribution in [2.45, 2.75) is 45.9 Å². The maximum Gasteiger partial charge on any atom is 0.219 e. The number of pyridine rings is 1. The van der Waals surface area contributed by atoms with Gasteiger partial charge in [0, 0.05) is 23.2 Å². The Morgan fingerprint density at radius 3 is 2.38 bits per heavy atom. The minimum Gasteiger partial charge on any atom is -0.439 e. The van der Waals surface area contributed by atoms with Gasteiger partial charge in [0.25, 0.3) is 0 Å². The SMILES string of the molecule is Cc1ccc(C(C)(C)C)c(Oc2ccc(CCl)c(C)n2)c1. The summed E-state index contributed by atoms with van der Waals surface area (Å²) in [5.41, 5.74) is 4.31. The van der Waals surface area contributed by atoms with Gasteiger partial charge in [-0.05, 0) is 36.5 Å². The van der Waals surface area contributed by atoms with Crippen LogP contribution in [-0.4, -0.2) is 4.98 Å². The Morgan fingerprint density at radius 2 is 1.81 bits per heavy atom. The maximum atomic E-state index is 6.04. The van der Waals surface area contributed by atoms with Crippen LogP contribution in [0.4, 0.5) is 0 Å². The monoisotopic (exact) mass is 303 g/mol. The molecule has 0 aliphatic heterocycles. The van der Waals surface area contributed by atoms with E-state index in [-0.39, 0.29) is 5.41 Å². The molecule has 0 fully saturated rings. The third-order valence-electron chi connectivity index (χ3n) is 3.47. The highest BCUT2D eigenvalue weighted by molar-refractivity contribution is 6.17. The van der Waals surface area contributed by atoms with E-state index in [1.807, 2.05) is 19.1 Å². The van der Waals surface area contributed by atoms with Crippen molar-refractivity contribution in [1.29, 1.82) is 0 Å². The summed E-state index contributed by atoms with van der Waals surface area (Å²) >= 11 is 5.87. The predicted molar refractivity (Wildman–Crippen MR) is 88.5 cm³/mol. The first kappa shape index (κ1) is 15.8. The molecule has 1 heterocycles. The summed E-state index contributed by atoms with van der Waals surface area (Å²) in [6.45, 7) is 10.6. The van der Waals surface area contributed by atoms with E-state index in [1.54, 1.807) is 0 Å². The van der Waals surface area contributed by atoms with Crippen LogP contribution in [0, 0.1) is 13.8 Å². The fourth-order valence-corrected chi connectivity index (χ4v) is 2.49. The van der Waals surface area contributed by atoms with E-state index in [4.69, 9.17) is 16.3 Å². The van der Waals surface area contributed by atoms with Gasteiger partial charge in [0.1, 0.15) is 5.75 Å². The van der Waals surface area contributed by atoms with E-state index < -0.39 is 0 Å². The topological polar surface area (TPSA) is 22.1 Å². The highest BCUT2D eigenvalue weighted by atomic mass is 35.5. The molecule has 0 radical (unpaired) electrons. The van der Waals surface area contributed by atoms with Crippen LogP contribution < -0.4 is 4.74 Å². The van der Waals surface area contributed by atoms with Gasteiger partial charge in [0.15, 0.2) is 0 Å². The molecule has 0 aliphatic rings. The molecule has 0 spiro atoms. The lowest BCUT2D eigenvalue weighted by Gasteiger charge is -2.23. The first-order chi connectivity index (χ1) is 9.81. The zero-order valence-electron chi connectivity index (χ0n) is 13.3. The molecular weight excluding hydrogens is 282 g/mol. The maximum absolute atomic E-state index is 6.04. The van der Waals surface area contributed by atoms with Crippen LogP contribution in [0.5, 0.6) is 11.6 Å². The molecule has 0 saturated carbocycles. The van der Waals surface area contributed by atoms with Crippen molar-refractivity contribution in [3.8, 4) is 11.6 Å². The van der Waals surface area contributed by atoms with Crippen molar-refractivity contribution in [2.24, 2.45) is 0 Å². The van der Waals surface area contributed by atoms with Gasteiger partial charge in [-0.1, -0.05) is 39.0 Å². The van der Waals surface area contributed by atoms with Crippen LogP contribution in [-0.2, 0) is 11.3 Å². The third-order valence-corrected chi connectivity index (χ3v) is 3.76. The summed E-state index contributed by atoms with van der Waals surface area (Å²) in [5.74, 6) is 1.95. The first-order valence-corrected chi connectivity index (χ1v) is 7.66. The molecule has 0 amide bonds. The molecule has 0 aliphatic carbocycles. The Balaban J connectivity index is 2.39. The molecular formula is C18H22ClNO. The Hall–Kier alpha value is -1.54. The van der Waals surface area contributed by atoms with Crippen molar-refractivity contribution in [3.63, 3.8) is 0 Å². The fourth-order valence-electron chi connectivity index (χ4n) is 2.21. The molecule has 0 bridgehead atoms. The van der Waals surface area contributed by atoms with Crippen molar-refractivity contribution in [1.82, 2.24) is 4.98 Å². The smallest absolute Gasteiger partial charge is 0.219 e. The van der Waals surface area contributed by atoms with E-state index in [2.05, 4.69) is 50.9 Å². The molecule has 0 N–H and O–H groups in total. The molecule has 2 aromatic rings. The second-order valence-corrected chi connectivity index (χ2v) is 6.65. The minimum absolute atomic E-state index is 0.0220. The van der Waals surface area contributed by atoms with E-state index in [0.717, 1.165) is 17.0 Å². The van der Waals surface area contributed by atoms with Gasteiger partial charge in [-0.2, -0.15) is 0 Å². The Labute approximate surface area is 132 Å². The van der Waals surface area contributed by atoms with E-state index in [1.165, 1.54) is 11.1 Å². The molecule has 0 saturated heterocycles. The quantitative estimate of drug-likeness (QED) is 0.696. The van der Waals surface area contributed by atoms with Gasteiger partial charge < -0.3 is 4.74 Å². The number of benzene rings is 1. The standard InChI is InChI=1S/C18H22ClNO/c1-12-6-8-15(18(3,4)5)16(10-12)21-17-9-7-14(11-19)13(2)20-17/h6-10H,11H2,1-5H3. The van der Waals surface area contributed by atoms with Gasteiger partial charge >= 0.3 is 0 Å². The zero-order chi connectivity index (χ0) is 15.6. The van der Waals surface area contributed by atoms with Crippen molar-refractivity contribution < 1.29 is 4.74 Å². The highest BCUT2D eigenvalue weighted by Crippen LogP contribution is 2.34. The van der Waals surface area contributed by atoms with Crippen molar-refractivity contribution in [3.05, 3.63) is 52.7 Å². The predicted octanol–water partition coefficient (Wildman–Crippen LogP) is 5.53. The summed E-state index contributed by atoms with van der Waals surface area (Å²) in [7, 11) is 0. The molecule has 2 rings (SSSR count). The second-order valence-electron chi connectivity index (χ2n) is 6.38. The largest absolute Gasteiger partial charge is 0.439 e. The number of aryl methyl sites for hydroxylation is 2. The number of aromatic nitrogens is 1. The van der Waals surface area contributed by atoms with Crippen LogP contribution in [0.25, 0.3) is 0 Å². The third kappa shape index (κ3) is 3.76. The molecule has 1 aromatic heterocycles. The molecule has 1 aromatic carbocycles. The Bertz CT molecular complexity index is 644. The van der Waals surface area contributed by atoms with Crippen LogP contribution in [0.1, 0.15) is 43.2 Å². The summed E-state index contributed by atoms with van der Waals surface area (Å²) in [6, 6.07) is 10.1. The van der Waals surface area contributed by atoms with Gasteiger partial charge in [-0.3, -0.25) is 0 Å². The number of hydrogen-bond donors (Lipinski definition) is 0. The number of alkyl halides is 1. The number of halogens is 1. The average molecular weight is 304 g/mol. The minimum atomic E-state index is 0.0220. The van der Waals surface area contributed by atoms with Gasteiger partial charge in [-0.15, -0.1) is 11.6 Å². The van der Waals surface area contributed by atoms with E-state index in [0.29, 0.717) is 11.8 Å². The van der Waals surface area contributed by atoms with Crippen molar-refractivity contribution in [2.75, 3.05) is 0 Å². The lowest BCUT2D eigenvalue weighted by molar-refractivity contribution is 0.438. The number of rotatable bonds is 3. The van der Waals surface area contributed by atoms with Gasteiger partial charge in [0.05, 0.1) is 0 Å². The zero-order valence-corrected chi connectivity index (χ0v) is 14.1. The number of nitrogens with zero attached hydrogens (tertiary/aromatic N) is 1. The fraction of sp³-hybridized carbons (Fsp3) is 0.389. The number of ether oxygens (including phenoxy) is 1. The Morgan fingerprint density at radius 1 is 1.10 bits per heavy atom. The van der Waals surface area contributed by atoms with E-state index >= 15 is 0 Å². The van der Waals surface area contributed by atoms with Crippen molar-refractivity contribution >= 4 is 11.6 Å². The summed E-state index contributed by atoms with van der Waals surface area (Å²) in [6.07, 6.45) is 0. The highest BCUT2D eigenvalue weighted by Gasteiger charge is 2.19. The summed E-state index contributed by atoms with van der Waals surface area (Å²) in [5, 5.41) is 0. The summed E-state index contributed by atoms with van der Waals surface area (Å²) in [4.78, 5) is 4.49. The second kappa shape index (κ2) is 6.07. The normalized spacial score (nSPS) is 11.5.